The average Bonchev–Trinajstić information content (AvgIpc) is 2.39. The molecular formula is C14H18N2O3. The van der Waals surface area contributed by atoms with Crippen LogP contribution in [0.5, 0.6) is 5.75 Å². The molecule has 19 heavy (non-hydrogen) atoms. The smallest absolute Gasteiger partial charge is 0.265 e. The van der Waals surface area contributed by atoms with E-state index in [0.717, 1.165) is 6.42 Å². The highest BCUT2D eigenvalue weighted by molar-refractivity contribution is 5.99. The lowest BCUT2D eigenvalue weighted by molar-refractivity contribution is -0.122. The predicted molar refractivity (Wildman–Crippen MR) is 73.2 cm³/mol. The van der Waals surface area contributed by atoms with E-state index in [1.165, 1.54) is 0 Å². The fourth-order valence-electron chi connectivity index (χ4n) is 1.74. The Bertz CT molecular complexity index is 513. The largest absolute Gasteiger partial charge is 0.479 e. The molecule has 102 valence electrons. The van der Waals surface area contributed by atoms with E-state index in [2.05, 4.69) is 10.6 Å². The Morgan fingerprint density at radius 2 is 2.26 bits per heavy atom. The van der Waals surface area contributed by atoms with Crippen LogP contribution in [-0.4, -0.2) is 17.9 Å². The number of ether oxygens (including phenoxy) is 1. The summed E-state index contributed by atoms with van der Waals surface area (Å²) in [6.45, 7) is 5.53. The van der Waals surface area contributed by atoms with Gasteiger partial charge in [-0.05, 0) is 31.5 Å². The maximum atomic E-state index is 11.8. The maximum Gasteiger partial charge on any atom is 0.265 e. The van der Waals surface area contributed by atoms with Gasteiger partial charge < -0.3 is 15.4 Å². The number of carbonyl (C=O) groups is 2. The number of anilines is 2. The molecule has 0 aromatic heterocycles. The molecule has 1 aromatic rings. The first-order valence-corrected chi connectivity index (χ1v) is 6.43. The van der Waals surface area contributed by atoms with E-state index in [0.29, 0.717) is 17.1 Å². The number of carbonyl (C=O) groups excluding carboxylic acids is 2. The fraction of sp³-hybridized carbons (Fsp3) is 0.429. The summed E-state index contributed by atoms with van der Waals surface area (Å²) in [7, 11) is 0. The van der Waals surface area contributed by atoms with Gasteiger partial charge >= 0.3 is 0 Å². The molecule has 0 aliphatic carbocycles. The summed E-state index contributed by atoms with van der Waals surface area (Å²) in [5.41, 5.74) is 1.24. The zero-order chi connectivity index (χ0) is 14.0. The second-order valence-corrected chi connectivity index (χ2v) is 4.76. The molecule has 5 nitrogen and oxygen atoms in total. The summed E-state index contributed by atoms with van der Waals surface area (Å²) < 4.78 is 5.45. The van der Waals surface area contributed by atoms with E-state index >= 15 is 0 Å². The Kier molecular flexibility index (Phi) is 3.74. The molecule has 0 radical (unpaired) electrons. The van der Waals surface area contributed by atoms with E-state index in [9.17, 15) is 9.59 Å². The van der Waals surface area contributed by atoms with Gasteiger partial charge in [-0.2, -0.15) is 0 Å². The van der Waals surface area contributed by atoms with Gasteiger partial charge in [0.2, 0.25) is 5.91 Å². The van der Waals surface area contributed by atoms with Crippen LogP contribution < -0.4 is 15.4 Å². The molecule has 2 rings (SSSR count). The van der Waals surface area contributed by atoms with Gasteiger partial charge in [-0.1, -0.05) is 13.8 Å². The first kappa shape index (κ1) is 13.4. The van der Waals surface area contributed by atoms with E-state index < -0.39 is 6.10 Å². The Hall–Kier alpha value is -2.04. The molecule has 1 heterocycles. The standard InChI is InChI=1S/C14H18N2O3/c1-4-8(2)13(17)15-10-5-6-12-11(7-10)16-14(18)9(3)19-12/h5-9H,4H2,1-3H3,(H,15,17)(H,16,18)/t8-,9+/m0/s1. The first-order valence-electron chi connectivity index (χ1n) is 6.43. The van der Waals surface area contributed by atoms with E-state index in [1.54, 1.807) is 25.1 Å². The van der Waals surface area contributed by atoms with Gasteiger partial charge in [-0.25, -0.2) is 0 Å². The van der Waals surface area contributed by atoms with Crippen molar-refractivity contribution in [1.29, 1.82) is 0 Å². The van der Waals surface area contributed by atoms with Crippen molar-refractivity contribution in [2.75, 3.05) is 10.6 Å². The summed E-state index contributed by atoms with van der Waals surface area (Å²) >= 11 is 0. The lowest BCUT2D eigenvalue weighted by Gasteiger charge is -2.23. The van der Waals surface area contributed by atoms with E-state index in [-0.39, 0.29) is 17.7 Å². The van der Waals surface area contributed by atoms with Crippen LogP contribution in [-0.2, 0) is 9.59 Å². The molecule has 2 atom stereocenters. The number of fused-ring (bicyclic) bond motifs is 1. The topological polar surface area (TPSA) is 67.4 Å². The van der Waals surface area contributed by atoms with E-state index in [1.807, 2.05) is 13.8 Å². The van der Waals surface area contributed by atoms with E-state index in [4.69, 9.17) is 4.74 Å². The van der Waals surface area contributed by atoms with Gasteiger partial charge in [-0.15, -0.1) is 0 Å². The minimum Gasteiger partial charge on any atom is -0.479 e. The van der Waals surface area contributed by atoms with Crippen molar-refractivity contribution in [3.05, 3.63) is 18.2 Å². The van der Waals surface area contributed by atoms with Crippen LogP contribution in [0.15, 0.2) is 18.2 Å². The molecular weight excluding hydrogens is 244 g/mol. The highest BCUT2D eigenvalue weighted by Gasteiger charge is 2.23. The Morgan fingerprint density at radius 3 is 2.95 bits per heavy atom. The number of amides is 2. The molecule has 0 unspecified atom stereocenters. The monoisotopic (exact) mass is 262 g/mol. The number of nitrogens with one attached hydrogen (secondary N) is 2. The van der Waals surface area contributed by atoms with Crippen LogP contribution in [0.4, 0.5) is 11.4 Å². The first-order chi connectivity index (χ1) is 9.01. The fourth-order valence-corrected chi connectivity index (χ4v) is 1.74. The van der Waals surface area contributed by atoms with Crippen molar-refractivity contribution < 1.29 is 14.3 Å². The molecule has 1 aliphatic rings. The lowest BCUT2D eigenvalue weighted by Crippen LogP contribution is -2.34. The third kappa shape index (κ3) is 2.86. The van der Waals surface area contributed by atoms with Crippen LogP contribution in [0.2, 0.25) is 0 Å². The van der Waals surface area contributed by atoms with Crippen molar-refractivity contribution in [2.24, 2.45) is 5.92 Å². The molecule has 0 bridgehead atoms. The zero-order valence-corrected chi connectivity index (χ0v) is 11.3. The minimum atomic E-state index is -0.493. The molecule has 2 N–H and O–H groups in total. The highest BCUT2D eigenvalue weighted by Crippen LogP contribution is 2.32. The van der Waals surface area contributed by atoms with Gasteiger partial charge in [0, 0.05) is 11.6 Å². The van der Waals surface area contributed by atoms with Gasteiger partial charge in [0.05, 0.1) is 5.69 Å². The number of hydrogen-bond donors (Lipinski definition) is 2. The predicted octanol–water partition coefficient (Wildman–Crippen LogP) is 2.39. The normalized spacial score (nSPS) is 18.9. The lowest BCUT2D eigenvalue weighted by atomic mass is 10.1. The van der Waals surface area contributed by atoms with Crippen molar-refractivity contribution in [3.63, 3.8) is 0 Å². The Balaban J connectivity index is 2.15. The van der Waals surface area contributed by atoms with Crippen LogP contribution in [0, 0.1) is 5.92 Å². The van der Waals surface area contributed by atoms with Crippen molar-refractivity contribution in [2.45, 2.75) is 33.3 Å². The highest BCUT2D eigenvalue weighted by atomic mass is 16.5. The summed E-state index contributed by atoms with van der Waals surface area (Å²) in [5.74, 6) is 0.368. The Morgan fingerprint density at radius 1 is 1.53 bits per heavy atom. The molecule has 1 aliphatic heterocycles. The summed E-state index contributed by atoms with van der Waals surface area (Å²) in [6, 6.07) is 5.22. The second-order valence-electron chi connectivity index (χ2n) is 4.76. The zero-order valence-electron chi connectivity index (χ0n) is 11.3. The van der Waals surface area contributed by atoms with Gasteiger partial charge in [0.25, 0.3) is 5.91 Å². The van der Waals surface area contributed by atoms with Crippen molar-refractivity contribution in [1.82, 2.24) is 0 Å². The quantitative estimate of drug-likeness (QED) is 0.879. The third-order valence-electron chi connectivity index (χ3n) is 3.24. The number of rotatable bonds is 3. The molecule has 2 amide bonds. The molecule has 0 saturated carbocycles. The summed E-state index contributed by atoms with van der Waals surface area (Å²) in [4.78, 5) is 23.3. The van der Waals surface area contributed by atoms with Gasteiger partial charge in [0.15, 0.2) is 6.10 Å². The number of benzene rings is 1. The second kappa shape index (κ2) is 5.30. The summed E-state index contributed by atoms with van der Waals surface area (Å²) in [5, 5.41) is 5.57. The van der Waals surface area contributed by atoms with Crippen LogP contribution >= 0.6 is 0 Å². The molecule has 1 aromatic carbocycles. The average molecular weight is 262 g/mol. The van der Waals surface area contributed by atoms with Crippen molar-refractivity contribution in [3.8, 4) is 5.75 Å². The molecule has 0 saturated heterocycles. The Labute approximate surface area is 112 Å². The number of hydrogen-bond acceptors (Lipinski definition) is 3. The van der Waals surface area contributed by atoms with Crippen molar-refractivity contribution >= 4 is 23.2 Å². The third-order valence-corrected chi connectivity index (χ3v) is 3.24. The van der Waals surface area contributed by atoms with Gasteiger partial charge in [0.1, 0.15) is 5.75 Å². The summed E-state index contributed by atoms with van der Waals surface area (Å²) in [6.07, 6.45) is 0.293. The molecule has 0 fully saturated rings. The SMILES string of the molecule is CC[C@H](C)C(=O)Nc1ccc2c(c1)NC(=O)[C@@H](C)O2. The van der Waals surface area contributed by atoms with Gasteiger partial charge in [-0.3, -0.25) is 9.59 Å². The minimum absolute atomic E-state index is 0.0288. The van der Waals surface area contributed by atoms with Crippen LogP contribution in [0.25, 0.3) is 0 Å². The van der Waals surface area contributed by atoms with Crippen LogP contribution in [0.1, 0.15) is 27.2 Å². The molecule has 0 spiro atoms. The maximum absolute atomic E-state index is 11.8. The van der Waals surface area contributed by atoms with Crippen LogP contribution in [0.3, 0.4) is 0 Å². The molecule has 5 heteroatoms.